The van der Waals surface area contributed by atoms with Crippen LogP contribution in [0.25, 0.3) is 0 Å². The lowest BCUT2D eigenvalue weighted by Crippen LogP contribution is -2.13. The highest BCUT2D eigenvalue weighted by Crippen LogP contribution is 2.26. The van der Waals surface area contributed by atoms with Gasteiger partial charge in [0.2, 0.25) is 5.89 Å². The van der Waals surface area contributed by atoms with Crippen LogP contribution in [0.2, 0.25) is 0 Å². The fraction of sp³-hybridized carbons (Fsp3) is 0.211. The number of hydrogen-bond acceptors (Lipinski definition) is 6. The number of aromatic nitrogens is 2. The van der Waals surface area contributed by atoms with Crippen molar-refractivity contribution in [3.05, 3.63) is 65.8 Å². The summed E-state index contributed by atoms with van der Waals surface area (Å²) in [6.07, 6.45) is 0. The highest BCUT2D eigenvalue weighted by atomic mass is 32.2. The lowest BCUT2D eigenvalue weighted by Gasteiger charge is -2.10. The standard InChI is InChI=1S/C19H19N3O3S/c1-3-24-15-10-8-14(9-11-15)21-19(23)16-6-4-5-7-17(16)26-12-18-20-13(2)25-22-18/h4-11H,3,12H2,1-2H3,(H,21,23). The van der Waals surface area contributed by atoms with Crippen molar-refractivity contribution in [1.82, 2.24) is 10.1 Å². The van der Waals surface area contributed by atoms with E-state index >= 15 is 0 Å². The van der Waals surface area contributed by atoms with Crippen molar-refractivity contribution in [3.8, 4) is 5.75 Å². The van der Waals surface area contributed by atoms with Gasteiger partial charge in [0.1, 0.15) is 5.75 Å². The minimum absolute atomic E-state index is 0.165. The Labute approximate surface area is 156 Å². The number of aryl methyl sites for hydroxylation is 1. The second-order valence-electron chi connectivity index (χ2n) is 5.43. The molecule has 3 rings (SSSR count). The molecule has 26 heavy (non-hydrogen) atoms. The minimum atomic E-state index is -0.165. The maximum absolute atomic E-state index is 12.7. The number of anilines is 1. The maximum Gasteiger partial charge on any atom is 0.256 e. The van der Waals surface area contributed by atoms with Crippen LogP contribution < -0.4 is 10.1 Å². The molecule has 0 aliphatic carbocycles. The number of nitrogens with zero attached hydrogens (tertiary/aromatic N) is 2. The molecule has 0 spiro atoms. The van der Waals surface area contributed by atoms with E-state index in [0.29, 0.717) is 35.3 Å². The molecule has 0 atom stereocenters. The molecule has 3 aromatic rings. The smallest absolute Gasteiger partial charge is 0.256 e. The van der Waals surface area contributed by atoms with Crippen molar-refractivity contribution in [3.63, 3.8) is 0 Å². The Morgan fingerprint density at radius 3 is 2.65 bits per heavy atom. The van der Waals surface area contributed by atoms with Gasteiger partial charge in [0.05, 0.1) is 17.9 Å². The van der Waals surface area contributed by atoms with Crippen molar-refractivity contribution in [2.45, 2.75) is 24.5 Å². The van der Waals surface area contributed by atoms with Gasteiger partial charge in [-0.3, -0.25) is 4.79 Å². The van der Waals surface area contributed by atoms with Crippen molar-refractivity contribution >= 4 is 23.4 Å². The van der Waals surface area contributed by atoms with Crippen LogP contribution in [-0.4, -0.2) is 22.7 Å². The van der Waals surface area contributed by atoms with Gasteiger partial charge in [-0.2, -0.15) is 4.98 Å². The molecule has 2 aromatic carbocycles. The van der Waals surface area contributed by atoms with Gasteiger partial charge < -0.3 is 14.6 Å². The Morgan fingerprint density at radius 2 is 1.96 bits per heavy atom. The summed E-state index contributed by atoms with van der Waals surface area (Å²) < 4.78 is 10.4. The molecule has 0 unspecified atom stereocenters. The Kier molecular flexibility index (Phi) is 5.91. The Balaban J connectivity index is 1.68. The Hall–Kier alpha value is -2.80. The van der Waals surface area contributed by atoms with Crippen LogP contribution in [0.1, 0.15) is 29.0 Å². The molecule has 0 bridgehead atoms. The van der Waals surface area contributed by atoms with E-state index < -0.39 is 0 Å². The van der Waals surface area contributed by atoms with Crippen LogP contribution in [0, 0.1) is 6.92 Å². The van der Waals surface area contributed by atoms with Gasteiger partial charge in [0.15, 0.2) is 5.82 Å². The first-order valence-corrected chi connectivity index (χ1v) is 9.19. The molecule has 1 amide bonds. The van der Waals surface area contributed by atoms with Gasteiger partial charge in [-0.05, 0) is 43.3 Å². The number of amides is 1. The monoisotopic (exact) mass is 369 g/mol. The average Bonchev–Trinajstić information content (AvgIpc) is 3.07. The normalized spacial score (nSPS) is 10.5. The number of carbonyl (C=O) groups is 1. The van der Waals surface area contributed by atoms with E-state index in [9.17, 15) is 4.79 Å². The van der Waals surface area contributed by atoms with E-state index in [0.717, 1.165) is 10.6 Å². The number of nitrogens with one attached hydrogen (secondary N) is 1. The second kappa shape index (κ2) is 8.53. The largest absolute Gasteiger partial charge is 0.494 e. The van der Waals surface area contributed by atoms with E-state index in [4.69, 9.17) is 9.26 Å². The van der Waals surface area contributed by atoms with E-state index in [1.54, 1.807) is 13.0 Å². The van der Waals surface area contributed by atoms with Crippen LogP contribution in [0.3, 0.4) is 0 Å². The zero-order chi connectivity index (χ0) is 18.4. The van der Waals surface area contributed by atoms with Crippen molar-refractivity contribution in [1.29, 1.82) is 0 Å². The molecule has 0 saturated heterocycles. The van der Waals surface area contributed by atoms with E-state index in [1.165, 1.54) is 11.8 Å². The first-order chi connectivity index (χ1) is 12.7. The molecule has 0 aliphatic heterocycles. The van der Waals surface area contributed by atoms with Crippen LogP contribution in [0.15, 0.2) is 57.9 Å². The summed E-state index contributed by atoms with van der Waals surface area (Å²) in [5.74, 6) is 2.28. The summed E-state index contributed by atoms with van der Waals surface area (Å²) in [6.45, 7) is 4.29. The van der Waals surface area contributed by atoms with E-state index in [2.05, 4.69) is 15.5 Å². The molecule has 7 heteroatoms. The molecule has 1 aromatic heterocycles. The molecule has 0 fully saturated rings. The first-order valence-electron chi connectivity index (χ1n) is 8.21. The van der Waals surface area contributed by atoms with E-state index in [-0.39, 0.29) is 5.91 Å². The van der Waals surface area contributed by atoms with Gasteiger partial charge in [0.25, 0.3) is 5.91 Å². The summed E-state index contributed by atoms with van der Waals surface area (Å²) in [5, 5.41) is 6.79. The molecule has 0 aliphatic rings. The topological polar surface area (TPSA) is 77.2 Å². The van der Waals surface area contributed by atoms with Gasteiger partial charge in [-0.1, -0.05) is 17.3 Å². The summed E-state index contributed by atoms with van der Waals surface area (Å²) in [4.78, 5) is 17.7. The first kappa shape index (κ1) is 18.0. The molecule has 6 nitrogen and oxygen atoms in total. The predicted octanol–water partition coefficient (Wildman–Crippen LogP) is 4.32. The van der Waals surface area contributed by atoms with Gasteiger partial charge >= 0.3 is 0 Å². The molecule has 1 heterocycles. The summed E-state index contributed by atoms with van der Waals surface area (Å²) in [5.41, 5.74) is 1.32. The van der Waals surface area contributed by atoms with Gasteiger partial charge in [0, 0.05) is 17.5 Å². The van der Waals surface area contributed by atoms with Crippen molar-refractivity contribution in [2.75, 3.05) is 11.9 Å². The molecular weight excluding hydrogens is 350 g/mol. The molecule has 1 N–H and O–H groups in total. The summed E-state index contributed by atoms with van der Waals surface area (Å²) >= 11 is 1.50. The zero-order valence-corrected chi connectivity index (χ0v) is 15.4. The SMILES string of the molecule is CCOc1ccc(NC(=O)c2ccccc2SCc2noc(C)n2)cc1. The number of thioether (sulfide) groups is 1. The Morgan fingerprint density at radius 1 is 1.19 bits per heavy atom. The van der Waals surface area contributed by atoms with Crippen LogP contribution in [0.4, 0.5) is 5.69 Å². The molecule has 0 saturated carbocycles. The predicted molar refractivity (Wildman–Crippen MR) is 101 cm³/mol. The van der Waals surface area contributed by atoms with E-state index in [1.807, 2.05) is 49.4 Å². The highest BCUT2D eigenvalue weighted by molar-refractivity contribution is 7.98. The molecule has 0 radical (unpaired) electrons. The molecule has 134 valence electrons. The third-order valence-corrected chi connectivity index (χ3v) is 4.55. The fourth-order valence-electron chi connectivity index (χ4n) is 2.32. The third kappa shape index (κ3) is 4.64. The average molecular weight is 369 g/mol. The lowest BCUT2D eigenvalue weighted by molar-refractivity contribution is 0.102. The summed E-state index contributed by atoms with van der Waals surface area (Å²) in [7, 11) is 0. The number of ether oxygens (including phenoxy) is 1. The van der Waals surface area contributed by atoms with Crippen molar-refractivity contribution < 1.29 is 14.1 Å². The second-order valence-corrected chi connectivity index (χ2v) is 6.44. The number of hydrogen-bond donors (Lipinski definition) is 1. The maximum atomic E-state index is 12.7. The fourth-order valence-corrected chi connectivity index (χ4v) is 3.21. The van der Waals surface area contributed by atoms with Gasteiger partial charge in [-0.15, -0.1) is 11.8 Å². The zero-order valence-electron chi connectivity index (χ0n) is 14.6. The van der Waals surface area contributed by atoms with Crippen LogP contribution in [-0.2, 0) is 5.75 Å². The highest BCUT2D eigenvalue weighted by Gasteiger charge is 2.13. The third-order valence-electron chi connectivity index (χ3n) is 3.48. The summed E-state index contributed by atoms with van der Waals surface area (Å²) in [6, 6.07) is 14.8. The quantitative estimate of drug-likeness (QED) is 0.625. The minimum Gasteiger partial charge on any atom is -0.494 e. The number of rotatable bonds is 7. The Bertz CT molecular complexity index is 878. The van der Waals surface area contributed by atoms with Crippen molar-refractivity contribution in [2.24, 2.45) is 0 Å². The van der Waals surface area contributed by atoms with Gasteiger partial charge in [-0.25, -0.2) is 0 Å². The van der Waals surface area contributed by atoms with Crippen LogP contribution >= 0.6 is 11.8 Å². The van der Waals surface area contributed by atoms with Crippen LogP contribution in [0.5, 0.6) is 5.75 Å². The number of carbonyl (C=O) groups excluding carboxylic acids is 1. The number of benzene rings is 2. The molecular formula is C19H19N3O3S. The lowest BCUT2D eigenvalue weighted by atomic mass is 10.2.